The first-order valence-electron chi connectivity index (χ1n) is 8.91. The third kappa shape index (κ3) is 2.52. The fourth-order valence-corrected chi connectivity index (χ4v) is 4.11. The Labute approximate surface area is 149 Å². The van der Waals surface area contributed by atoms with Crippen molar-refractivity contribution >= 4 is 17.0 Å². The normalized spacial score (nSPS) is 20.0. The Hall–Kier alpha value is -2.32. The summed E-state index contributed by atoms with van der Waals surface area (Å²) in [6.45, 7) is 6.57. The average molecular weight is 331 g/mol. The molecule has 0 radical (unpaired) electrons. The predicted octanol–water partition coefficient (Wildman–Crippen LogP) is 5.57. The molecule has 128 valence electrons. The third-order valence-corrected chi connectivity index (χ3v) is 5.42. The molecular formula is C23H25NO. The van der Waals surface area contributed by atoms with Gasteiger partial charge >= 0.3 is 0 Å². The summed E-state index contributed by atoms with van der Waals surface area (Å²) in [5.41, 5.74) is 5.77. The molecule has 0 amide bonds. The molecule has 1 heterocycles. The Bertz CT molecular complexity index is 957. The number of aromatic nitrogens is 1. The van der Waals surface area contributed by atoms with E-state index in [1.54, 1.807) is 0 Å². The highest BCUT2D eigenvalue weighted by Gasteiger charge is 2.35. The van der Waals surface area contributed by atoms with Gasteiger partial charge in [-0.3, -0.25) is 0 Å². The number of aryl methyl sites for hydroxylation is 1. The molecule has 4 rings (SSSR count). The maximum atomic E-state index is 11.2. The highest BCUT2D eigenvalue weighted by Crippen LogP contribution is 2.45. The van der Waals surface area contributed by atoms with Gasteiger partial charge in [-0.15, -0.1) is 0 Å². The van der Waals surface area contributed by atoms with Gasteiger partial charge in [-0.2, -0.15) is 0 Å². The number of benzene rings is 2. The lowest BCUT2D eigenvalue weighted by Crippen LogP contribution is -2.27. The molecule has 0 saturated carbocycles. The van der Waals surface area contributed by atoms with E-state index in [1.165, 1.54) is 16.5 Å². The van der Waals surface area contributed by atoms with Crippen LogP contribution in [-0.4, -0.2) is 9.67 Å². The molecular weight excluding hydrogens is 306 g/mol. The van der Waals surface area contributed by atoms with Crippen molar-refractivity contribution in [2.24, 2.45) is 18.4 Å². The lowest BCUT2D eigenvalue weighted by molar-refractivity contribution is 0.0707. The summed E-state index contributed by atoms with van der Waals surface area (Å²) in [4.78, 5) is 0. The van der Waals surface area contributed by atoms with Crippen LogP contribution in [0.25, 0.3) is 28.1 Å². The molecule has 3 aromatic rings. The molecule has 1 N–H and O–H groups in total. The van der Waals surface area contributed by atoms with Crippen LogP contribution in [0.15, 0.2) is 54.7 Å². The fourth-order valence-electron chi connectivity index (χ4n) is 4.11. The third-order valence-electron chi connectivity index (χ3n) is 5.42. The van der Waals surface area contributed by atoms with E-state index in [-0.39, 0.29) is 11.3 Å². The standard InChI is InChI=1S/C23H25NO/c1-23(2,3)19-13-11-16-10-12-17-18(15-8-6-5-7-9-15)14-24(4)21(17)20(16)22(19)25/h5-14,19,22,25H,1-4H3/t19-,22-/m0/s1. The summed E-state index contributed by atoms with van der Waals surface area (Å²) < 4.78 is 2.17. The Morgan fingerprint density at radius 2 is 1.72 bits per heavy atom. The summed E-state index contributed by atoms with van der Waals surface area (Å²) in [6.07, 6.45) is 6.03. The largest absolute Gasteiger partial charge is 0.388 e. The summed E-state index contributed by atoms with van der Waals surface area (Å²) >= 11 is 0. The van der Waals surface area contributed by atoms with E-state index in [4.69, 9.17) is 0 Å². The van der Waals surface area contributed by atoms with Crippen LogP contribution >= 0.6 is 0 Å². The molecule has 0 saturated heterocycles. The molecule has 1 aliphatic rings. The number of aliphatic hydroxyl groups excluding tert-OH is 1. The first-order valence-corrected chi connectivity index (χ1v) is 8.91. The van der Waals surface area contributed by atoms with Gasteiger partial charge in [-0.1, -0.05) is 75.4 Å². The molecule has 1 aromatic heterocycles. The van der Waals surface area contributed by atoms with Crippen molar-refractivity contribution in [1.29, 1.82) is 0 Å². The minimum absolute atomic E-state index is 0.0171. The summed E-state index contributed by atoms with van der Waals surface area (Å²) in [7, 11) is 2.08. The zero-order valence-corrected chi connectivity index (χ0v) is 15.3. The Kier molecular flexibility index (Phi) is 3.62. The van der Waals surface area contributed by atoms with Crippen LogP contribution in [0.2, 0.25) is 0 Å². The Morgan fingerprint density at radius 3 is 2.40 bits per heavy atom. The van der Waals surface area contributed by atoms with Crippen LogP contribution in [0.1, 0.15) is 38.0 Å². The number of rotatable bonds is 1. The predicted molar refractivity (Wildman–Crippen MR) is 105 cm³/mol. The number of aliphatic hydroxyl groups is 1. The van der Waals surface area contributed by atoms with Crippen molar-refractivity contribution in [3.05, 3.63) is 65.9 Å². The maximum absolute atomic E-state index is 11.2. The monoisotopic (exact) mass is 331 g/mol. The Morgan fingerprint density at radius 1 is 1.00 bits per heavy atom. The summed E-state index contributed by atoms with van der Waals surface area (Å²) in [5, 5.41) is 12.4. The number of hydrogen-bond donors (Lipinski definition) is 1. The van der Waals surface area contributed by atoms with Crippen molar-refractivity contribution in [3.63, 3.8) is 0 Å². The van der Waals surface area contributed by atoms with Crippen LogP contribution in [0, 0.1) is 11.3 Å². The van der Waals surface area contributed by atoms with Crippen LogP contribution in [0.3, 0.4) is 0 Å². The van der Waals surface area contributed by atoms with Gasteiger partial charge in [-0.05, 0) is 16.5 Å². The molecule has 2 heteroatoms. The molecule has 25 heavy (non-hydrogen) atoms. The van der Waals surface area contributed by atoms with Crippen molar-refractivity contribution < 1.29 is 5.11 Å². The summed E-state index contributed by atoms with van der Waals surface area (Å²) in [5.74, 6) is 0.112. The van der Waals surface area contributed by atoms with Gasteiger partial charge in [0.05, 0.1) is 11.6 Å². The fraction of sp³-hybridized carbons (Fsp3) is 0.304. The highest BCUT2D eigenvalue weighted by atomic mass is 16.3. The highest BCUT2D eigenvalue weighted by molar-refractivity contribution is 5.99. The first kappa shape index (κ1) is 16.2. The molecule has 0 fully saturated rings. The molecule has 2 atom stereocenters. The maximum Gasteiger partial charge on any atom is 0.0883 e. The van der Waals surface area contributed by atoms with Gasteiger partial charge in [0.25, 0.3) is 0 Å². The first-order chi connectivity index (χ1) is 11.9. The molecule has 0 bridgehead atoms. The lowest BCUT2D eigenvalue weighted by Gasteiger charge is -2.36. The van der Waals surface area contributed by atoms with Crippen LogP contribution in [0.4, 0.5) is 0 Å². The van der Waals surface area contributed by atoms with E-state index < -0.39 is 6.10 Å². The smallest absolute Gasteiger partial charge is 0.0883 e. The second-order valence-electron chi connectivity index (χ2n) is 8.18. The van der Waals surface area contributed by atoms with Crippen molar-refractivity contribution in [2.45, 2.75) is 26.9 Å². The van der Waals surface area contributed by atoms with E-state index in [2.05, 4.69) is 87.1 Å². The zero-order chi connectivity index (χ0) is 17.8. The topological polar surface area (TPSA) is 25.2 Å². The van der Waals surface area contributed by atoms with E-state index in [0.717, 1.165) is 16.6 Å². The van der Waals surface area contributed by atoms with Gasteiger partial charge < -0.3 is 9.67 Å². The zero-order valence-electron chi connectivity index (χ0n) is 15.3. The average Bonchev–Trinajstić information content (AvgIpc) is 2.92. The van der Waals surface area contributed by atoms with Crippen molar-refractivity contribution in [1.82, 2.24) is 4.57 Å². The van der Waals surface area contributed by atoms with Gasteiger partial charge in [0.15, 0.2) is 0 Å². The summed E-state index contributed by atoms with van der Waals surface area (Å²) in [6, 6.07) is 14.8. The minimum Gasteiger partial charge on any atom is -0.388 e. The molecule has 0 unspecified atom stereocenters. The van der Waals surface area contributed by atoms with Crippen molar-refractivity contribution in [3.8, 4) is 11.1 Å². The van der Waals surface area contributed by atoms with Gasteiger partial charge in [0, 0.05) is 35.7 Å². The van der Waals surface area contributed by atoms with Crippen LogP contribution < -0.4 is 0 Å². The second-order valence-corrected chi connectivity index (χ2v) is 8.18. The second kappa shape index (κ2) is 5.60. The van der Waals surface area contributed by atoms with E-state index in [9.17, 15) is 5.11 Å². The van der Waals surface area contributed by atoms with Crippen LogP contribution in [0.5, 0.6) is 0 Å². The van der Waals surface area contributed by atoms with Gasteiger partial charge in [0.1, 0.15) is 0 Å². The van der Waals surface area contributed by atoms with Gasteiger partial charge in [0.2, 0.25) is 0 Å². The minimum atomic E-state index is -0.485. The van der Waals surface area contributed by atoms with Gasteiger partial charge in [-0.25, -0.2) is 0 Å². The molecule has 2 aromatic carbocycles. The van der Waals surface area contributed by atoms with Crippen molar-refractivity contribution in [2.75, 3.05) is 0 Å². The number of fused-ring (bicyclic) bond motifs is 3. The van der Waals surface area contributed by atoms with E-state index in [1.807, 2.05) is 6.07 Å². The Balaban J connectivity index is 1.97. The molecule has 0 spiro atoms. The van der Waals surface area contributed by atoms with Crippen LogP contribution in [-0.2, 0) is 7.05 Å². The number of nitrogens with zero attached hydrogens (tertiary/aromatic N) is 1. The number of hydrogen-bond acceptors (Lipinski definition) is 1. The molecule has 2 nitrogen and oxygen atoms in total. The quantitative estimate of drug-likeness (QED) is 0.620. The lowest BCUT2D eigenvalue weighted by atomic mass is 9.72. The molecule has 1 aliphatic carbocycles. The molecule has 0 aliphatic heterocycles. The van der Waals surface area contributed by atoms with E-state index >= 15 is 0 Å². The van der Waals surface area contributed by atoms with E-state index in [0.29, 0.717) is 0 Å². The SMILES string of the molecule is Cn1cc(-c2ccccc2)c2ccc3c(c21)[C@@H](O)[C@@H](C(C)(C)C)C=C3.